The lowest BCUT2D eigenvalue weighted by molar-refractivity contribution is 0.386. The van der Waals surface area contributed by atoms with Crippen molar-refractivity contribution in [3.05, 3.63) is 29.7 Å². The molecule has 0 aliphatic carbocycles. The van der Waals surface area contributed by atoms with Crippen LogP contribution in [0.4, 0.5) is 10.3 Å². The number of rotatable bonds is 2. The van der Waals surface area contributed by atoms with E-state index in [0.717, 1.165) is 5.69 Å². The highest BCUT2D eigenvalue weighted by atomic mass is 19.1. The molecule has 0 bridgehead atoms. The Labute approximate surface area is 98.8 Å². The molecule has 1 aromatic carbocycles. The highest BCUT2D eigenvalue weighted by Crippen LogP contribution is 2.27. The van der Waals surface area contributed by atoms with Crippen molar-refractivity contribution in [2.75, 3.05) is 12.8 Å². The minimum Gasteiger partial charge on any atom is -0.494 e. The third-order valence-electron chi connectivity index (χ3n) is 2.84. The predicted octanol–water partition coefficient (Wildman–Crippen LogP) is 2.13. The Kier molecular flexibility index (Phi) is 2.75. The molecule has 1 heterocycles. The lowest BCUT2D eigenvalue weighted by Crippen LogP contribution is -1.97. The number of halogens is 1. The van der Waals surface area contributed by atoms with Gasteiger partial charge in [0.05, 0.1) is 12.8 Å². The SMILES string of the molecule is COc1ccc(-c2nc(N)n(C)c2C)cc1F. The van der Waals surface area contributed by atoms with Crippen molar-refractivity contribution in [3.8, 4) is 17.0 Å². The quantitative estimate of drug-likeness (QED) is 0.867. The van der Waals surface area contributed by atoms with E-state index >= 15 is 0 Å². The first-order valence-electron chi connectivity index (χ1n) is 5.17. The third-order valence-corrected chi connectivity index (χ3v) is 2.84. The number of hydrogen-bond acceptors (Lipinski definition) is 3. The number of nitrogens with two attached hydrogens (primary N) is 1. The van der Waals surface area contributed by atoms with Gasteiger partial charge < -0.3 is 15.0 Å². The van der Waals surface area contributed by atoms with Crippen LogP contribution in [0.1, 0.15) is 5.69 Å². The van der Waals surface area contributed by atoms with Crippen LogP contribution < -0.4 is 10.5 Å². The van der Waals surface area contributed by atoms with Gasteiger partial charge in [0.15, 0.2) is 11.6 Å². The Morgan fingerprint density at radius 2 is 2.12 bits per heavy atom. The molecule has 2 rings (SSSR count). The van der Waals surface area contributed by atoms with Gasteiger partial charge in [0.1, 0.15) is 0 Å². The summed E-state index contributed by atoms with van der Waals surface area (Å²) in [5.74, 6) is 0.220. The van der Waals surface area contributed by atoms with Crippen molar-refractivity contribution in [2.24, 2.45) is 7.05 Å². The summed E-state index contributed by atoms with van der Waals surface area (Å²) >= 11 is 0. The smallest absolute Gasteiger partial charge is 0.200 e. The molecule has 0 spiro atoms. The minimum absolute atomic E-state index is 0.218. The van der Waals surface area contributed by atoms with Crippen LogP contribution in [0.25, 0.3) is 11.3 Å². The monoisotopic (exact) mass is 235 g/mol. The number of aromatic nitrogens is 2. The van der Waals surface area contributed by atoms with E-state index in [9.17, 15) is 4.39 Å². The number of ether oxygens (including phenoxy) is 1. The van der Waals surface area contributed by atoms with E-state index in [1.807, 2.05) is 14.0 Å². The first-order valence-corrected chi connectivity index (χ1v) is 5.17. The Morgan fingerprint density at radius 3 is 2.59 bits per heavy atom. The van der Waals surface area contributed by atoms with Crippen LogP contribution in [0, 0.1) is 12.7 Å². The second-order valence-corrected chi connectivity index (χ2v) is 3.81. The number of hydrogen-bond donors (Lipinski definition) is 1. The van der Waals surface area contributed by atoms with Gasteiger partial charge in [0.25, 0.3) is 0 Å². The largest absolute Gasteiger partial charge is 0.494 e. The first kappa shape index (κ1) is 11.4. The van der Waals surface area contributed by atoms with Gasteiger partial charge in [-0.2, -0.15) is 0 Å². The summed E-state index contributed by atoms with van der Waals surface area (Å²) < 4.78 is 20.2. The maximum Gasteiger partial charge on any atom is 0.200 e. The summed E-state index contributed by atoms with van der Waals surface area (Å²) in [6, 6.07) is 4.74. The van der Waals surface area contributed by atoms with Gasteiger partial charge >= 0.3 is 0 Å². The Hall–Kier alpha value is -2.04. The van der Waals surface area contributed by atoms with Gasteiger partial charge in [-0.3, -0.25) is 0 Å². The molecular weight excluding hydrogens is 221 g/mol. The fraction of sp³-hybridized carbons (Fsp3) is 0.250. The van der Waals surface area contributed by atoms with Crippen molar-refractivity contribution in [3.63, 3.8) is 0 Å². The van der Waals surface area contributed by atoms with Crippen molar-refractivity contribution in [1.82, 2.24) is 9.55 Å². The number of nitrogen functional groups attached to an aromatic ring is 1. The van der Waals surface area contributed by atoms with E-state index in [4.69, 9.17) is 10.5 Å². The van der Waals surface area contributed by atoms with Crippen LogP contribution in [0.3, 0.4) is 0 Å². The molecule has 0 saturated heterocycles. The summed E-state index contributed by atoms with van der Waals surface area (Å²) in [5, 5.41) is 0. The van der Waals surface area contributed by atoms with E-state index in [1.165, 1.54) is 13.2 Å². The van der Waals surface area contributed by atoms with Gasteiger partial charge in [-0.25, -0.2) is 9.37 Å². The molecule has 0 atom stereocenters. The predicted molar refractivity (Wildman–Crippen MR) is 64.3 cm³/mol. The van der Waals surface area contributed by atoms with E-state index in [2.05, 4.69) is 4.98 Å². The van der Waals surface area contributed by atoms with Crippen LogP contribution in [-0.2, 0) is 7.05 Å². The Morgan fingerprint density at radius 1 is 1.41 bits per heavy atom. The zero-order valence-corrected chi connectivity index (χ0v) is 9.99. The molecule has 2 aromatic rings. The zero-order chi connectivity index (χ0) is 12.6. The second-order valence-electron chi connectivity index (χ2n) is 3.81. The molecule has 17 heavy (non-hydrogen) atoms. The topological polar surface area (TPSA) is 53.1 Å². The number of benzene rings is 1. The van der Waals surface area contributed by atoms with Crippen molar-refractivity contribution in [1.29, 1.82) is 0 Å². The van der Waals surface area contributed by atoms with Crippen LogP contribution in [0.5, 0.6) is 5.75 Å². The van der Waals surface area contributed by atoms with E-state index in [1.54, 1.807) is 16.7 Å². The van der Waals surface area contributed by atoms with Crippen LogP contribution in [0.2, 0.25) is 0 Å². The number of imidazole rings is 1. The van der Waals surface area contributed by atoms with E-state index in [0.29, 0.717) is 17.2 Å². The maximum atomic E-state index is 13.6. The molecule has 4 nitrogen and oxygen atoms in total. The standard InChI is InChI=1S/C12H14FN3O/c1-7-11(15-12(14)16(7)2)8-4-5-10(17-3)9(13)6-8/h4-6H,1-3H3,(H2,14,15). The highest BCUT2D eigenvalue weighted by Gasteiger charge is 2.12. The normalized spacial score (nSPS) is 10.6. The van der Waals surface area contributed by atoms with Gasteiger partial charge in [0.2, 0.25) is 5.95 Å². The molecule has 90 valence electrons. The fourth-order valence-corrected chi connectivity index (χ4v) is 1.69. The van der Waals surface area contributed by atoms with Gasteiger partial charge in [-0.15, -0.1) is 0 Å². The van der Waals surface area contributed by atoms with E-state index in [-0.39, 0.29) is 5.75 Å². The third kappa shape index (κ3) is 1.84. The fourth-order valence-electron chi connectivity index (χ4n) is 1.69. The van der Waals surface area contributed by atoms with Crippen molar-refractivity contribution >= 4 is 5.95 Å². The molecule has 0 radical (unpaired) electrons. The Balaban J connectivity index is 2.53. The first-order chi connectivity index (χ1) is 8.04. The summed E-state index contributed by atoms with van der Waals surface area (Å²) in [7, 11) is 3.25. The molecule has 0 aliphatic rings. The van der Waals surface area contributed by atoms with Crippen LogP contribution in [0.15, 0.2) is 18.2 Å². The number of nitrogens with zero attached hydrogens (tertiary/aromatic N) is 2. The molecule has 1 aromatic heterocycles. The van der Waals surface area contributed by atoms with Crippen molar-refractivity contribution in [2.45, 2.75) is 6.92 Å². The molecule has 0 fully saturated rings. The van der Waals surface area contributed by atoms with Crippen molar-refractivity contribution < 1.29 is 9.13 Å². The van der Waals surface area contributed by atoms with Crippen LogP contribution >= 0.6 is 0 Å². The molecule has 2 N–H and O–H groups in total. The minimum atomic E-state index is -0.409. The average molecular weight is 235 g/mol. The molecular formula is C12H14FN3O. The molecule has 5 heteroatoms. The number of anilines is 1. The summed E-state index contributed by atoms with van der Waals surface area (Å²) in [5.41, 5.74) is 7.98. The molecule has 0 amide bonds. The maximum absolute atomic E-state index is 13.6. The van der Waals surface area contributed by atoms with E-state index < -0.39 is 5.82 Å². The summed E-state index contributed by atoms with van der Waals surface area (Å²) in [6.07, 6.45) is 0. The van der Waals surface area contributed by atoms with Gasteiger partial charge in [-0.1, -0.05) is 0 Å². The summed E-state index contributed by atoms with van der Waals surface area (Å²) in [6.45, 7) is 1.89. The average Bonchev–Trinajstić information content (AvgIpc) is 2.57. The van der Waals surface area contributed by atoms with Crippen LogP contribution in [-0.4, -0.2) is 16.7 Å². The molecule has 0 aliphatic heterocycles. The lowest BCUT2D eigenvalue weighted by atomic mass is 10.1. The summed E-state index contributed by atoms with van der Waals surface area (Å²) in [4.78, 5) is 4.21. The van der Waals surface area contributed by atoms with Gasteiger partial charge in [0, 0.05) is 18.3 Å². The molecule has 0 unspecified atom stereocenters. The zero-order valence-electron chi connectivity index (χ0n) is 9.99. The van der Waals surface area contributed by atoms with Gasteiger partial charge in [-0.05, 0) is 25.1 Å². The lowest BCUT2D eigenvalue weighted by Gasteiger charge is -2.04. The molecule has 0 saturated carbocycles. The second kappa shape index (κ2) is 4.08. The highest BCUT2D eigenvalue weighted by molar-refractivity contribution is 5.65. The number of methoxy groups -OCH3 is 1. The Bertz CT molecular complexity index is 563.